The summed E-state index contributed by atoms with van der Waals surface area (Å²) in [5, 5.41) is 4.64. The topological polar surface area (TPSA) is 77.4 Å². The van der Waals surface area contributed by atoms with Gasteiger partial charge in [-0.1, -0.05) is 24.3 Å². The van der Waals surface area contributed by atoms with Crippen LogP contribution in [-0.2, 0) is 22.5 Å². The van der Waals surface area contributed by atoms with E-state index >= 15 is 0 Å². The molecule has 2 aromatic heterocycles. The van der Waals surface area contributed by atoms with Gasteiger partial charge in [0.15, 0.2) is 6.61 Å². The lowest BCUT2D eigenvalue weighted by molar-refractivity contribution is -0.144. The molecule has 0 spiro atoms. The molecule has 0 fully saturated rings. The van der Waals surface area contributed by atoms with E-state index in [1.807, 2.05) is 26.0 Å². The van der Waals surface area contributed by atoms with Gasteiger partial charge in [-0.2, -0.15) is 0 Å². The second-order valence-corrected chi connectivity index (χ2v) is 8.39. The summed E-state index contributed by atoms with van der Waals surface area (Å²) in [4.78, 5) is 38.4. The number of thiophene rings is 1. The molecular weight excluding hydrogens is 412 g/mol. The average Bonchev–Trinajstić information content (AvgIpc) is 3.38. The highest BCUT2D eigenvalue weighted by atomic mass is 32.1. The molecule has 0 saturated carbocycles. The van der Waals surface area contributed by atoms with Crippen molar-refractivity contribution in [2.75, 3.05) is 6.61 Å². The third-order valence-corrected chi connectivity index (χ3v) is 6.05. The van der Waals surface area contributed by atoms with Crippen molar-refractivity contribution in [2.45, 2.75) is 39.8 Å². The molecule has 162 valence electrons. The Bertz CT molecular complexity index is 1050. The van der Waals surface area contributed by atoms with Gasteiger partial charge >= 0.3 is 5.97 Å². The molecule has 3 aromatic rings. The lowest BCUT2D eigenvalue weighted by Gasteiger charge is -2.13. The summed E-state index contributed by atoms with van der Waals surface area (Å²) in [6.07, 6.45) is 0.898. The molecule has 0 saturated heterocycles. The minimum Gasteiger partial charge on any atom is -0.456 e. The number of aryl methyl sites for hydroxylation is 2. The van der Waals surface area contributed by atoms with Crippen LogP contribution >= 0.6 is 11.3 Å². The van der Waals surface area contributed by atoms with E-state index in [-0.39, 0.29) is 18.3 Å². The van der Waals surface area contributed by atoms with Crippen molar-refractivity contribution in [3.8, 4) is 0 Å². The van der Waals surface area contributed by atoms with Crippen molar-refractivity contribution >= 4 is 29.0 Å². The highest BCUT2D eigenvalue weighted by molar-refractivity contribution is 7.09. The first-order valence-corrected chi connectivity index (χ1v) is 11.0. The van der Waals surface area contributed by atoms with E-state index in [9.17, 15) is 14.4 Å². The Morgan fingerprint density at radius 1 is 1.10 bits per heavy atom. The molecule has 2 heterocycles. The summed E-state index contributed by atoms with van der Waals surface area (Å²) < 4.78 is 7.28. The Labute approximate surface area is 185 Å². The standard InChI is InChI=1S/C24H26N2O4S/c1-16-14-21(18(3)26(16)12-11-20-10-7-13-31-20)22(27)15-30-24(29)17(2)25-23(28)19-8-5-4-6-9-19/h4-10,13-14,17H,11-12,15H2,1-3H3,(H,25,28)/t17-/m0/s1. The fourth-order valence-electron chi connectivity index (χ4n) is 3.37. The van der Waals surface area contributed by atoms with Crippen molar-refractivity contribution in [1.82, 2.24) is 9.88 Å². The zero-order valence-corrected chi connectivity index (χ0v) is 18.7. The van der Waals surface area contributed by atoms with Crippen molar-refractivity contribution in [1.29, 1.82) is 0 Å². The third-order valence-electron chi connectivity index (χ3n) is 5.12. The second-order valence-electron chi connectivity index (χ2n) is 7.36. The molecule has 0 aliphatic carbocycles. The van der Waals surface area contributed by atoms with Crippen LogP contribution < -0.4 is 5.32 Å². The van der Waals surface area contributed by atoms with Gasteiger partial charge < -0.3 is 14.6 Å². The van der Waals surface area contributed by atoms with E-state index in [0.29, 0.717) is 11.1 Å². The molecule has 31 heavy (non-hydrogen) atoms. The first kappa shape index (κ1) is 22.5. The van der Waals surface area contributed by atoms with Crippen LogP contribution in [-0.4, -0.2) is 34.9 Å². The van der Waals surface area contributed by atoms with Crippen molar-refractivity contribution < 1.29 is 19.1 Å². The van der Waals surface area contributed by atoms with Gasteiger partial charge in [-0.05, 0) is 56.8 Å². The van der Waals surface area contributed by atoms with E-state index in [1.54, 1.807) is 41.7 Å². The van der Waals surface area contributed by atoms with Crippen molar-refractivity contribution in [2.24, 2.45) is 0 Å². The normalized spacial score (nSPS) is 11.7. The first-order chi connectivity index (χ1) is 14.9. The summed E-state index contributed by atoms with van der Waals surface area (Å²) in [6, 6.07) is 13.7. The smallest absolute Gasteiger partial charge is 0.328 e. The van der Waals surface area contributed by atoms with Crippen molar-refractivity contribution in [3.05, 3.63) is 81.3 Å². The summed E-state index contributed by atoms with van der Waals surface area (Å²) in [6.45, 7) is 5.82. The van der Waals surface area contributed by atoms with E-state index in [4.69, 9.17) is 4.74 Å². The van der Waals surface area contributed by atoms with Crippen LogP contribution in [0.4, 0.5) is 0 Å². The average molecular weight is 439 g/mol. The Balaban J connectivity index is 1.54. The van der Waals surface area contributed by atoms with E-state index in [1.165, 1.54) is 11.8 Å². The van der Waals surface area contributed by atoms with Crippen LogP contribution in [0.25, 0.3) is 0 Å². The zero-order valence-electron chi connectivity index (χ0n) is 17.9. The number of aromatic nitrogens is 1. The van der Waals surface area contributed by atoms with Crippen LogP contribution in [0, 0.1) is 13.8 Å². The summed E-state index contributed by atoms with van der Waals surface area (Å²) in [5.41, 5.74) is 2.86. The zero-order chi connectivity index (χ0) is 22.4. The van der Waals surface area contributed by atoms with Gasteiger partial charge in [-0.15, -0.1) is 11.3 Å². The molecule has 0 aliphatic heterocycles. The number of carbonyl (C=O) groups is 3. The molecule has 0 radical (unpaired) electrons. The molecule has 0 bridgehead atoms. The highest BCUT2D eigenvalue weighted by Gasteiger charge is 2.21. The van der Waals surface area contributed by atoms with Gasteiger partial charge in [0.2, 0.25) is 5.78 Å². The van der Waals surface area contributed by atoms with Crippen LogP contribution in [0.3, 0.4) is 0 Å². The van der Waals surface area contributed by atoms with Gasteiger partial charge in [0, 0.05) is 33.9 Å². The maximum Gasteiger partial charge on any atom is 0.328 e. The molecular formula is C24H26N2O4S. The second kappa shape index (κ2) is 10.2. The fourth-order valence-corrected chi connectivity index (χ4v) is 4.07. The summed E-state index contributed by atoms with van der Waals surface area (Å²) in [5.74, 6) is -1.28. The molecule has 3 rings (SSSR count). The predicted molar refractivity (Wildman–Crippen MR) is 121 cm³/mol. The Morgan fingerprint density at radius 3 is 2.52 bits per heavy atom. The van der Waals surface area contributed by atoms with E-state index in [2.05, 4.69) is 21.3 Å². The third kappa shape index (κ3) is 5.70. The number of rotatable bonds is 9. The largest absolute Gasteiger partial charge is 0.456 e. The minimum absolute atomic E-state index is 0.259. The fraction of sp³-hybridized carbons (Fsp3) is 0.292. The number of hydrogen-bond acceptors (Lipinski definition) is 5. The Hall–Kier alpha value is -3.19. The minimum atomic E-state index is -0.862. The summed E-state index contributed by atoms with van der Waals surface area (Å²) in [7, 11) is 0. The maximum absolute atomic E-state index is 12.7. The Kier molecular flexibility index (Phi) is 7.41. The molecule has 1 amide bonds. The van der Waals surface area contributed by atoms with Crippen LogP contribution in [0.1, 0.15) is 43.9 Å². The number of nitrogens with one attached hydrogen (secondary N) is 1. The van der Waals surface area contributed by atoms with Gasteiger partial charge in [0.25, 0.3) is 5.91 Å². The quantitative estimate of drug-likeness (QED) is 0.405. The molecule has 0 aliphatic rings. The number of amides is 1. The predicted octanol–water partition coefficient (Wildman–Crippen LogP) is 3.95. The number of ketones is 1. The van der Waals surface area contributed by atoms with Crippen LogP contribution in [0.15, 0.2) is 53.9 Å². The number of esters is 1. The van der Waals surface area contributed by atoms with Gasteiger partial charge in [-0.3, -0.25) is 9.59 Å². The molecule has 1 aromatic carbocycles. The molecule has 1 atom stereocenters. The lowest BCUT2D eigenvalue weighted by Crippen LogP contribution is -2.40. The van der Waals surface area contributed by atoms with E-state index < -0.39 is 12.0 Å². The number of ether oxygens (including phenoxy) is 1. The number of benzene rings is 1. The molecule has 0 unspecified atom stereocenters. The summed E-state index contributed by atoms with van der Waals surface area (Å²) >= 11 is 1.72. The van der Waals surface area contributed by atoms with Crippen LogP contribution in [0.5, 0.6) is 0 Å². The first-order valence-electron chi connectivity index (χ1n) is 10.1. The Morgan fingerprint density at radius 2 is 1.84 bits per heavy atom. The maximum atomic E-state index is 12.7. The monoisotopic (exact) mass is 438 g/mol. The van der Waals surface area contributed by atoms with Crippen LogP contribution in [0.2, 0.25) is 0 Å². The van der Waals surface area contributed by atoms with Gasteiger partial charge in [0.05, 0.1) is 0 Å². The molecule has 1 N–H and O–H groups in total. The SMILES string of the molecule is Cc1cc(C(=O)COC(=O)[C@H](C)NC(=O)c2ccccc2)c(C)n1CCc1cccs1. The van der Waals surface area contributed by atoms with Gasteiger partial charge in [0.1, 0.15) is 6.04 Å². The molecule has 7 heteroatoms. The van der Waals surface area contributed by atoms with E-state index in [0.717, 1.165) is 24.4 Å². The number of hydrogen-bond donors (Lipinski definition) is 1. The number of nitrogens with zero attached hydrogens (tertiary/aromatic N) is 1. The van der Waals surface area contributed by atoms with Gasteiger partial charge in [-0.25, -0.2) is 4.79 Å². The number of Topliss-reactive ketones (excluding diaryl/α,β-unsaturated/α-hetero) is 1. The van der Waals surface area contributed by atoms with Crippen molar-refractivity contribution in [3.63, 3.8) is 0 Å². The highest BCUT2D eigenvalue weighted by Crippen LogP contribution is 2.18. The lowest BCUT2D eigenvalue weighted by atomic mass is 10.1. The molecule has 6 nitrogen and oxygen atoms in total. The number of carbonyl (C=O) groups excluding carboxylic acids is 3.